The van der Waals surface area contributed by atoms with E-state index in [1.54, 1.807) is 60.7 Å². The molecule has 1 heterocycles. The van der Waals surface area contributed by atoms with E-state index in [2.05, 4.69) is 5.32 Å². The van der Waals surface area contributed by atoms with Crippen molar-refractivity contribution in [3.8, 4) is 0 Å². The summed E-state index contributed by atoms with van der Waals surface area (Å²) in [7, 11) is 0. The summed E-state index contributed by atoms with van der Waals surface area (Å²) in [4.78, 5) is 51.5. The molecule has 250 valence electrons. The van der Waals surface area contributed by atoms with Crippen molar-refractivity contribution < 1.29 is 38.5 Å². The summed E-state index contributed by atoms with van der Waals surface area (Å²) in [5.41, 5.74) is 10.0. The van der Waals surface area contributed by atoms with Crippen molar-refractivity contribution >= 4 is 48.8 Å². The highest BCUT2D eigenvalue weighted by molar-refractivity contribution is 5.86. The van der Waals surface area contributed by atoms with E-state index in [1.165, 1.54) is 11.8 Å². The van der Waals surface area contributed by atoms with Gasteiger partial charge in [0, 0.05) is 39.4 Å². The maximum atomic E-state index is 13.3. The highest BCUT2D eigenvalue weighted by atomic mass is 35.5. The van der Waals surface area contributed by atoms with Crippen LogP contribution >= 0.6 is 24.8 Å². The molecule has 0 aliphatic carbocycles. The number of ether oxygens (including phenoxy) is 3. The molecule has 0 spiro atoms. The lowest BCUT2D eigenvalue weighted by molar-refractivity contribution is -0.170. The summed E-state index contributed by atoms with van der Waals surface area (Å²) < 4.78 is 16.1. The third kappa shape index (κ3) is 11.8. The van der Waals surface area contributed by atoms with E-state index in [-0.39, 0.29) is 56.8 Å². The summed E-state index contributed by atoms with van der Waals surface area (Å²) in [5.74, 6) is -1.80. The Labute approximate surface area is 275 Å². The Balaban J connectivity index is 0.00000506. The van der Waals surface area contributed by atoms with Gasteiger partial charge in [0.1, 0.15) is 6.10 Å². The first-order valence-corrected chi connectivity index (χ1v) is 14.6. The summed E-state index contributed by atoms with van der Waals surface area (Å²) in [5, 5.41) is 14.2. The molecule has 12 nitrogen and oxygen atoms in total. The number of piperidine rings is 1. The molecule has 0 bridgehead atoms. The number of nitrogens with zero attached hydrogens (tertiary/aromatic N) is 1. The van der Waals surface area contributed by atoms with Crippen LogP contribution in [0.2, 0.25) is 0 Å². The molecule has 2 atom stereocenters. The number of carbonyl (C=O) groups excluding carboxylic acids is 4. The van der Waals surface area contributed by atoms with Gasteiger partial charge in [-0.2, -0.15) is 0 Å². The normalized spacial score (nSPS) is 14.5. The first-order chi connectivity index (χ1) is 20.6. The zero-order chi connectivity index (χ0) is 31.2. The molecule has 0 aromatic heterocycles. The lowest BCUT2D eigenvalue weighted by atomic mass is 9.86. The fourth-order valence-corrected chi connectivity index (χ4v) is 4.70. The molecule has 0 saturated carbocycles. The van der Waals surface area contributed by atoms with Crippen LogP contribution in [0.1, 0.15) is 56.6 Å². The van der Waals surface area contributed by atoms with Crippen LogP contribution in [0.4, 0.5) is 4.79 Å². The van der Waals surface area contributed by atoms with E-state index >= 15 is 0 Å². The topological polar surface area (TPSA) is 184 Å². The number of esters is 2. The van der Waals surface area contributed by atoms with Crippen LogP contribution in [0.25, 0.3) is 0 Å². The van der Waals surface area contributed by atoms with Gasteiger partial charge in [0.05, 0.1) is 12.5 Å². The number of hydrogen-bond donors (Lipinski definition) is 4. The summed E-state index contributed by atoms with van der Waals surface area (Å²) in [6.45, 7) is 2.48. The van der Waals surface area contributed by atoms with E-state index in [1.807, 2.05) is 0 Å². The third-order valence-corrected chi connectivity index (χ3v) is 7.15. The van der Waals surface area contributed by atoms with Gasteiger partial charge < -0.3 is 41.0 Å². The number of unbranched alkanes of at least 4 members (excludes halogenated alkanes) is 1. The number of carbonyl (C=O) groups is 4. The lowest BCUT2D eigenvalue weighted by Gasteiger charge is -2.34. The number of benzene rings is 2. The Hall–Kier alpha value is -3.42. The molecular weight excluding hydrogens is 627 g/mol. The largest absolute Gasteiger partial charge is 0.460 e. The van der Waals surface area contributed by atoms with Gasteiger partial charge in [-0.05, 0) is 30.5 Å². The van der Waals surface area contributed by atoms with Gasteiger partial charge in [0.15, 0.2) is 0 Å². The fraction of sp³-hybridized carbons (Fsp3) is 0.484. The average Bonchev–Trinajstić information content (AvgIpc) is 3.01. The predicted octanol–water partition coefficient (Wildman–Crippen LogP) is 2.76. The predicted molar refractivity (Wildman–Crippen MR) is 172 cm³/mol. The molecule has 6 N–H and O–H groups in total. The minimum Gasteiger partial charge on any atom is -0.460 e. The van der Waals surface area contributed by atoms with Crippen molar-refractivity contribution in [1.82, 2.24) is 10.2 Å². The van der Waals surface area contributed by atoms with E-state index in [4.69, 9.17) is 25.7 Å². The van der Waals surface area contributed by atoms with E-state index < -0.39 is 42.1 Å². The highest BCUT2D eigenvalue weighted by Gasteiger charge is 2.43. The summed E-state index contributed by atoms with van der Waals surface area (Å²) >= 11 is 0. The van der Waals surface area contributed by atoms with Gasteiger partial charge in [-0.25, -0.2) is 9.59 Å². The minimum atomic E-state index is -1.99. The smallest absolute Gasteiger partial charge is 0.412 e. The van der Waals surface area contributed by atoms with Crippen LogP contribution in [-0.2, 0) is 34.2 Å². The number of nitrogens with one attached hydrogen (secondary N) is 1. The van der Waals surface area contributed by atoms with Crippen molar-refractivity contribution in [3.05, 3.63) is 71.8 Å². The van der Waals surface area contributed by atoms with Crippen LogP contribution in [-0.4, -0.2) is 78.6 Å². The van der Waals surface area contributed by atoms with Crippen molar-refractivity contribution in [1.29, 1.82) is 0 Å². The summed E-state index contributed by atoms with van der Waals surface area (Å²) in [6, 6.07) is 16.5. The van der Waals surface area contributed by atoms with Crippen molar-refractivity contribution in [3.63, 3.8) is 0 Å². The molecule has 2 amide bonds. The number of rotatable bonds is 14. The molecule has 1 saturated heterocycles. The molecule has 3 rings (SSSR count). The van der Waals surface area contributed by atoms with Gasteiger partial charge in [0.2, 0.25) is 17.8 Å². The van der Waals surface area contributed by atoms with Gasteiger partial charge >= 0.3 is 18.0 Å². The first kappa shape index (κ1) is 39.6. The van der Waals surface area contributed by atoms with E-state index in [0.717, 1.165) is 12.8 Å². The zero-order valence-corrected chi connectivity index (χ0v) is 26.9. The number of halogens is 2. The van der Waals surface area contributed by atoms with Crippen molar-refractivity contribution in [2.75, 3.05) is 26.2 Å². The Morgan fingerprint density at radius 3 is 2.04 bits per heavy atom. The molecular formula is C31H44Cl2N4O8. The molecule has 14 heteroatoms. The number of aliphatic hydroxyl groups is 1. The van der Waals surface area contributed by atoms with Gasteiger partial charge in [-0.1, -0.05) is 67.1 Å². The van der Waals surface area contributed by atoms with Crippen LogP contribution in [0, 0.1) is 0 Å². The van der Waals surface area contributed by atoms with Gasteiger partial charge in [-0.15, -0.1) is 24.8 Å². The SMILES string of the molecule is CC(OC(=O)CCNC(=O)[C@@H](N)CCCCN)OC(=O)N1CCC(OC(=O)C(O)(c2ccccc2)c2ccccc2)CC1.Cl.Cl. The van der Waals surface area contributed by atoms with E-state index in [0.29, 0.717) is 36.9 Å². The molecule has 0 radical (unpaired) electrons. The Bertz CT molecular complexity index is 1160. The highest BCUT2D eigenvalue weighted by Crippen LogP contribution is 2.32. The molecule has 1 unspecified atom stereocenters. The molecule has 1 aliphatic heterocycles. The third-order valence-electron chi connectivity index (χ3n) is 7.15. The molecule has 2 aromatic carbocycles. The quantitative estimate of drug-likeness (QED) is 0.132. The molecule has 45 heavy (non-hydrogen) atoms. The van der Waals surface area contributed by atoms with Crippen LogP contribution in [0.5, 0.6) is 0 Å². The number of likely N-dealkylation sites (tertiary alicyclic amines) is 1. The number of nitrogens with two attached hydrogens (primary N) is 2. The number of amides is 2. The minimum absolute atomic E-state index is 0. The maximum Gasteiger partial charge on any atom is 0.412 e. The Kier molecular flexibility index (Phi) is 17.5. The fourth-order valence-electron chi connectivity index (χ4n) is 4.70. The van der Waals surface area contributed by atoms with Crippen LogP contribution < -0.4 is 16.8 Å². The molecule has 1 fully saturated rings. The van der Waals surface area contributed by atoms with Crippen LogP contribution in [0.15, 0.2) is 60.7 Å². The van der Waals surface area contributed by atoms with Crippen molar-refractivity contribution in [2.24, 2.45) is 11.5 Å². The monoisotopic (exact) mass is 670 g/mol. The van der Waals surface area contributed by atoms with Gasteiger partial charge in [0.25, 0.3) is 0 Å². The van der Waals surface area contributed by atoms with Crippen LogP contribution in [0.3, 0.4) is 0 Å². The standard InChI is InChI=1S/C31H42N4O8.2ClH/c1-22(41-27(36)15-19-34-28(37)26(33)14-8-9-18-32)42-30(39)35-20-16-25(17-21-35)43-29(38)31(40,23-10-4-2-5-11-23)24-12-6-3-7-13-24;;/h2-7,10-13,22,25-26,40H,8-9,14-21,32-33H2,1H3,(H,34,37);2*1H/t22?,26-;;/m0../s1. The second-order valence-corrected chi connectivity index (χ2v) is 10.4. The zero-order valence-electron chi connectivity index (χ0n) is 25.3. The average molecular weight is 672 g/mol. The lowest BCUT2D eigenvalue weighted by Crippen LogP contribution is -2.45. The Morgan fingerprint density at radius 2 is 1.51 bits per heavy atom. The number of hydrogen-bond acceptors (Lipinski definition) is 10. The second kappa shape index (κ2) is 19.9. The first-order valence-electron chi connectivity index (χ1n) is 14.6. The summed E-state index contributed by atoms with van der Waals surface area (Å²) in [6.07, 6.45) is 0.250. The molecule has 1 aliphatic rings. The van der Waals surface area contributed by atoms with E-state index in [9.17, 15) is 24.3 Å². The van der Waals surface area contributed by atoms with Gasteiger partial charge in [-0.3, -0.25) is 9.59 Å². The molecule has 2 aromatic rings. The maximum absolute atomic E-state index is 13.3. The Morgan fingerprint density at radius 1 is 0.956 bits per heavy atom. The second-order valence-electron chi connectivity index (χ2n) is 10.4. The van der Waals surface area contributed by atoms with Crippen molar-refractivity contribution in [2.45, 2.75) is 69.5 Å².